The summed E-state index contributed by atoms with van der Waals surface area (Å²) in [6.07, 6.45) is 0.889. The van der Waals surface area contributed by atoms with Crippen LogP contribution in [0, 0.1) is 0 Å². The van der Waals surface area contributed by atoms with Gasteiger partial charge in [0.1, 0.15) is 0 Å². The molecule has 0 fully saturated rings. The Morgan fingerprint density at radius 1 is 1.20 bits per heavy atom. The lowest BCUT2D eigenvalue weighted by Gasteiger charge is -2.33. The number of amides is 1. The molecule has 0 saturated heterocycles. The Labute approximate surface area is 119 Å². The molecule has 0 heterocycles. The molecule has 1 rings (SSSR count). The topological polar surface area (TPSA) is 92.4 Å². The van der Waals surface area contributed by atoms with Crippen LogP contribution in [0.5, 0.6) is 0 Å². The monoisotopic (exact) mass is 278 g/mol. The molecule has 0 aliphatic heterocycles. The van der Waals surface area contributed by atoms with E-state index >= 15 is 0 Å². The van der Waals surface area contributed by atoms with E-state index in [1.54, 1.807) is 30.3 Å². The standard InChI is InChI=1S/C15H22N2O3/c1-4-15(16,5-2)12(18)17-14(3,13(19)20)11-9-7-6-8-10-11/h6-10H,4-5,16H2,1-3H3,(H,17,18)(H,19,20). The summed E-state index contributed by atoms with van der Waals surface area (Å²) in [6, 6.07) is 8.60. The van der Waals surface area contributed by atoms with Gasteiger partial charge in [-0.2, -0.15) is 0 Å². The molecule has 1 unspecified atom stereocenters. The highest BCUT2D eigenvalue weighted by molar-refractivity contribution is 5.92. The van der Waals surface area contributed by atoms with Crippen LogP contribution in [0.1, 0.15) is 39.2 Å². The minimum atomic E-state index is -1.49. The molecule has 1 aromatic rings. The Hall–Kier alpha value is -1.88. The first-order valence-electron chi connectivity index (χ1n) is 6.70. The van der Waals surface area contributed by atoms with E-state index in [2.05, 4.69) is 5.32 Å². The highest BCUT2D eigenvalue weighted by Crippen LogP contribution is 2.23. The van der Waals surface area contributed by atoms with Crippen LogP contribution in [-0.2, 0) is 15.1 Å². The number of benzene rings is 1. The fraction of sp³-hybridized carbons (Fsp3) is 0.467. The number of rotatable bonds is 6. The fourth-order valence-electron chi connectivity index (χ4n) is 1.94. The smallest absolute Gasteiger partial charge is 0.333 e. The molecule has 0 saturated carbocycles. The predicted octanol–water partition coefficient (Wildman–Crippen LogP) is 1.62. The Kier molecular flexibility index (Phi) is 4.89. The quantitative estimate of drug-likeness (QED) is 0.737. The maximum absolute atomic E-state index is 12.3. The van der Waals surface area contributed by atoms with Crippen molar-refractivity contribution in [2.45, 2.75) is 44.7 Å². The van der Waals surface area contributed by atoms with Crippen molar-refractivity contribution in [3.63, 3.8) is 0 Å². The minimum absolute atomic E-state index is 0.444. The summed E-state index contributed by atoms with van der Waals surface area (Å²) in [5, 5.41) is 12.1. The number of carbonyl (C=O) groups is 2. The van der Waals surface area contributed by atoms with Gasteiger partial charge in [0.05, 0.1) is 5.54 Å². The SMILES string of the molecule is CCC(N)(CC)C(=O)NC(C)(C(=O)O)c1ccccc1. The second kappa shape index (κ2) is 6.05. The van der Waals surface area contributed by atoms with Crippen LogP contribution in [0.15, 0.2) is 30.3 Å². The van der Waals surface area contributed by atoms with Gasteiger partial charge in [-0.15, -0.1) is 0 Å². The number of aliphatic carboxylic acids is 1. The second-order valence-corrected chi connectivity index (χ2v) is 5.11. The molecule has 0 aromatic heterocycles. The summed E-state index contributed by atoms with van der Waals surface area (Å²) in [7, 11) is 0. The van der Waals surface area contributed by atoms with Crippen LogP contribution in [0.3, 0.4) is 0 Å². The van der Waals surface area contributed by atoms with E-state index in [-0.39, 0.29) is 0 Å². The molecule has 0 bridgehead atoms. The van der Waals surface area contributed by atoms with Gasteiger partial charge < -0.3 is 16.2 Å². The van der Waals surface area contributed by atoms with Crippen LogP contribution in [-0.4, -0.2) is 22.5 Å². The Balaban J connectivity index is 3.12. The molecule has 1 amide bonds. The van der Waals surface area contributed by atoms with Crippen molar-refractivity contribution in [2.75, 3.05) is 0 Å². The lowest BCUT2D eigenvalue weighted by molar-refractivity contribution is -0.148. The zero-order valence-corrected chi connectivity index (χ0v) is 12.1. The highest BCUT2D eigenvalue weighted by Gasteiger charge is 2.41. The number of carboxylic acids is 1. The Morgan fingerprint density at radius 3 is 2.10 bits per heavy atom. The Morgan fingerprint density at radius 2 is 1.70 bits per heavy atom. The third-order valence-electron chi connectivity index (χ3n) is 3.86. The number of hydrogen-bond acceptors (Lipinski definition) is 3. The maximum atomic E-state index is 12.3. The first kappa shape index (κ1) is 16.2. The van der Waals surface area contributed by atoms with Crippen molar-refractivity contribution in [1.29, 1.82) is 0 Å². The van der Waals surface area contributed by atoms with Gasteiger partial charge in [-0.3, -0.25) is 4.79 Å². The van der Waals surface area contributed by atoms with Crippen LogP contribution in [0.25, 0.3) is 0 Å². The van der Waals surface area contributed by atoms with Gasteiger partial charge in [0.15, 0.2) is 5.54 Å². The van der Waals surface area contributed by atoms with E-state index in [1.165, 1.54) is 6.92 Å². The van der Waals surface area contributed by atoms with E-state index in [0.717, 1.165) is 0 Å². The van der Waals surface area contributed by atoms with E-state index in [4.69, 9.17) is 5.73 Å². The lowest BCUT2D eigenvalue weighted by Crippen LogP contribution is -2.60. The van der Waals surface area contributed by atoms with Crippen molar-refractivity contribution in [1.82, 2.24) is 5.32 Å². The fourth-order valence-corrected chi connectivity index (χ4v) is 1.94. The summed E-state index contributed by atoms with van der Waals surface area (Å²) < 4.78 is 0. The maximum Gasteiger partial charge on any atom is 0.333 e. The molecule has 0 spiro atoms. The van der Waals surface area contributed by atoms with E-state index in [1.807, 2.05) is 13.8 Å². The molecule has 5 heteroatoms. The van der Waals surface area contributed by atoms with Crippen molar-refractivity contribution in [2.24, 2.45) is 5.73 Å². The van der Waals surface area contributed by atoms with Gasteiger partial charge >= 0.3 is 5.97 Å². The van der Waals surface area contributed by atoms with Crippen molar-refractivity contribution >= 4 is 11.9 Å². The number of carbonyl (C=O) groups excluding carboxylic acids is 1. The van der Waals surface area contributed by atoms with Gasteiger partial charge in [0.25, 0.3) is 0 Å². The average molecular weight is 278 g/mol. The zero-order valence-electron chi connectivity index (χ0n) is 12.1. The van der Waals surface area contributed by atoms with Gasteiger partial charge in [-0.1, -0.05) is 44.2 Å². The molecule has 110 valence electrons. The summed E-state index contributed by atoms with van der Waals surface area (Å²) in [4.78, 5) is 23.9. The molecule has 4 N–H and O–H groups in total. The summed E-state index contributed by atoms with van der Waals surface area (Å²) in [5.74, 6) is -1.57. The third kappa shape index (κ3) is 2.99. The van der Waals surface area contributed by atoms with E-state index in [9.17, 15) is 14.7 Å². The molecule has 20 heavy (non-hydrogen) atoms. The summed E-state index contributed by atoms with van der Waals surface area (Å²) in [6.45, 7) is 5.09. The largest absolute Gasteiger partial charge is 0.479 e. The van der Waals surface area contributed by atoms with Crippen LogP contribution in [0.4, 0.5) is 0 Å². The van der Waals surface area contributed by atoms with Crippen molar-refractivity contribution in [3.05, 3.63) is 35.9 Å². The van der Waals surface area contributed by atoms with Crippen LogP contribution >= 0.6 is 0 Å². The number of carboxylic acid groups (broad SMARTS) is 1. The van der Waals surface area contributed by atoms with Gasteiger partial charge in [-0.05, 0) is 25.3 Å². The van der Waals surface area contributed by atoms with Gasteiger partial charge in [0.2, 0.25) is 5.91 Å². The van der Waals surface area contributed by atoms with Crippen molar-refractivity contribution in [3.8, 4) is 0 Å². The van der Waals surface area contributed by atoms with E-state index < -0.39 is 23.0 Å². The Bertz CT molecular complexity index is 483. The molecule has 1 aromatic carbocycles. The van der Waals surface area contributed by atoms with Gasteiger partial charge in [-0.25, -0.2) is 4.79 Å². The zero-order chi connectivity index (χ0) is 15.4. The average Bonchev–Trinajstić information content (AvgIpc) is 2.46. The van der Waals surface area contributed by atoms with Crippen molar-refractivity contribution < 1.29 is 14.7 Å². The number of hydrogen-bond donors (Lipinski definition) is 3. The number of nitrogens with one attached hydrogen (secondary N) is 1. The van der Waals surface area contributed by atoms with Crippen LogP contribution < -0.4 is 11.1 Å². The number of nitrogens with two attached hydrogens (primary N) is 1. The molecular formula is C15H22N2O3. The predicted molar refractivity (Wildman–Crippen MR) is 77.1 cm³/mol. The normalized spacial score (nSPS) is 14.4. The van der Waals surface area contributed by atoms with Crippen LogP contribution in [0.2, 0.25) is 0 Å². The molecule has 0 aliphatic rings. The molecule has 0 aliphatic carbocycles. The molecular weight excluding hydrogens is 256 g/mol. The molecule has 1 atom stereocenters. The molecule has 5 nitrogen and oxygen atoms in total. The summed E-state index contributed by atoms with van der Waals surface area (Å²) >= 11 is 0. The van der Waals surface area contributed by atoms with E-state index in [0.29, 0.717) is 18.4 Å². The lowest BCUT2D eigenvalue weighted by atomic mass is 9.88. The highest BCUT2D eigenvalue weighted by atomic mass is 16.4. The summed E-state index contributed by atoms with van der Waals surface area (Å²) in [5.41, 5.74) is 3.99. The first-order chi connectivity index (χ1) is 9.30. The van der Waals surface area contributed by atoms with Gasteiger partial charge in [0, 0.05) is 0 Å². The third-order valence-corrected chi connectivity index (χ3v) is 3.86. The first-order valence-corrected chi connectivity index (χ1v) is 6.70. The minimum Gasteiger partial charge on any atom is -0.479 e. The molecule has 0 radical (unpaired) electrons. The second-order valence-electron chi connectivity index (χ2n) is 5.11.